The number of aromatic carboxylic acids is 1. The van der Waals surface area contributed by atoms with Gasteiger partial charge in [-0.2, -0.15) is 0 Å². The molecule has 1 N–H and O–H groups in total. The Hall–Kier alpha value is -2.83. The van der Waals surface area contributed by atoms with Gasteiger partial charge in [0.1, 0.15) is 5.56 Å². The molecule has 3 heterocycles. The second-order valence-corrected chi connectivity index (χ2v) is 6.44. The number of hydrogen-bond donors (Lipinski definition) is 1. The van der Waals surface area contributed by atoms with Crippen LogP contribution in [-0.2, 0) is 13.0 Å². The SMILES string of the molecule is COc1nc2c(cc1OCC1CC1)CCn1cc(C(=O)O)c(=O)cc1-2. The predicted octanol–water partition coefficient (Wildman–Crippen LogP) is 1.96. The summed E-state index contributed by atoms with van der Waals surface area (Å²) in [5.74, 6) is 0.392. The van der Waals surface area contributed by atoms with Gasteiger partial charge in [0.15, 0.2) is 11.2 Å². The smallest absolute Gasteiger partial charge is 0.341 e. The van der Waals surface area contributed by atoms with Crippen LogP contribution in [-0.4, -0.2) is 34.3 Å². The molecule has 0 radical (unpaired) electrons. The minimum atomic E-state index is -1.22. The molecule has 130 valence electrons. The topological polar surface area (TPSA) is 90.7 Å². The van der Waals surface area contributed by atoms with Gasteiger partial charge >= 0.3 is 5.97 Å². The number of carbonyl (C=O) groups is 1. The Morgan fingerprint density at radius 2 is 2.20 bits per heavy atom. The van der Waals surface area contributed by atoms with Crippen LogP contribution < -0.4 is 14.9 Å². The first-order valence-corrected chi connectivity index (χ1v) is 8.25. The first-order chi connectivity index (χ1) is 12.1. The van der Waals surface area contributed by atoms with Gasteiger partial charge in [0.05, 0.1) is 25.1 Å². The Balaban J connectivity index is 1.77. The maximum atomic E-state index is 12.1. The molecule has 4 rings (SSSR count). The molecule has 7 heteroatoms. The first-order valence-electron chi connectivity index (χ1n) is 8.25. The zero-order chi connectivity index (χ0) is 17.6. The number of carboxylic acids is 1. The lowest BCUT2D eigenvalue weighted by Gasteiger charge is -2.23. The first kappa shape index (κ1) is 15.7. The van der Waals surface area contributed by atoms with Crippen molar-refractivity contribution < 1.29 is 19.4 Å². The number of fused-ring (bicyclic) bond motifs is 3. The predicted molar refractivity (Wildman–Crippen MR) is 89.4 cm³/mol. The molecule has 1 saturated carbocycles. The quantitative estimate of drug-likeness (QED) is 0.893. The van der Waals surface area contributed by atoms with Gasteiger partial charge in [-0.3, -0.25) is 4.79 Å². The largest absolute Gasteiger partial charge is 0.488 e. The summed E-state index contributed by atoms with van der Waals surface area (Å²) < 4.78 is 13.0. The van der Waals surface area contributed by atoms with Crippen molar-refractivity contribution in [2.45, 2.75) is 25.8 Å². The normalized spacial score (nSPS) is 15.2. The minimum absolute atomic E-state index is 0.233. The molecule has 0 bridgehead atoms. The van der Waals surface area contributed by atoms with Crippen LogP contribution in [0.1, 0.15) is 28.8 Å². The molecule has 2 aliphatic rings. The number of hydrogen-bond acceptors (Lipinski definition) is 5. The molecule has 0 unspecified atom stereocenters. The van der Waals surface area contributed by atoms with Crippen LogP contribution in [0.15, 0.2) is 23.1 Å². The summed E-state index contributed by atoms with van der Waals surface area (Å²) in [6.07, 6.45) is 4.46. The van der Waals surface area contributed by atoms with Crippen molar-refractivity contribution in [3.63, 3.8) is 0 Å². The van der Waals surface area contributed by atoms with Crippen LogP contribution in [0.3, 0.4) is 0 Å². The Labute approximate surface area is 143 Å². The highest BCUT2D eigenvalue weighted by Crippen LogP contribution is 2.36. The zero-order valence-corrected chi connectivity index (χ0v) is 13.8. The fraction of sp³-hybridized carbons (Fsp3) is 0.389. The highest BCUT2D eigenvalue weighted by molar-refractivity contribution is 5.87. The molecule has 2 aromatic rings. The summed E-state index contributed by atoms with van der Waals surface area (Å²) in [4.78, 5) is 27.8. The number of carboxylic acid groups (broad SMARTS) is 1. The maximum absolute atomic E-state index is 12.1. The summed E-state index contributed by atoms with van der Waals surface area (Å²) in [5, 5.41) is 9.12. The molecular weight excluding hydrogens is 324 g/mol. The van der Waals surface area contributed by atoms with Gasteiger partial charge in [-0.1, -0.05) is 0 Å². The fourth-order valence-corrected chi connectivity index (χ4v) is 3.04. The van der Waals surface area contributed by atoms with E-state index in [1.54, 1.807) is 4.57 Å². The van der Waals surface area contributed by atoms with Crippen molar-refractivity contribution in [3.05, 3.63) is 39.7 Å². The van der Waals surface area contributed by atoms with E-state index in [0.717, 1.165) is 5.56 Å². The molecular formula is C18H18N2O5. The number of ether oxygens (including phenoxy) is 2. The summed E-state index contributed by atoms with van der Waals surface area (Å²) >= 11 is 0. The number of aromatic nitrogens is 2. The summed E-state index contributed by atoms with van der Waals surface area (Å²) in [5.41, 5.74) is 1.44. The van der Waals surface area contributed by atoms with Crippen molar-refractivity contribution in [2.75, 3.05) is 13.7 Å². The molecule has 7 nitrogen and oxygen atoms in total. The molecule has 1 aliphatic heterocycles. The summed E-state index contributed by atoms with van der Waals surface area (Å²) in [7, 11) is 1.53. The number of rotatable bonds is 5. The average molecular weight is 342 g/mol. The fourth-order valence-electron chi connectivity index (χ4n) is 3.04. The Kier molecular flexibility index (Phi) is 3.71. The molecule has 1 fully saturated rings. The van der Waals surface area contributed by atoms with E-state index in [1.807, 2.05) is 6.07 Å². The average Bonchev–Trinajstić information content (AvgIpc) is 3.42. The van der Waals surface area contributed by atoms with Crippen LogP contribution in [0.25, 0.3) is 11.4 Å². The molecule has 0 aromatic carbocycles. The molecule has 25 heavy (non-hydrogen) atoms. The van der Waals surface area contributed by atoms with E-state index in [0.29, 0.717) is 48.5 Å². The van der Waals surface area contributed by atoms with Gasteiger partial charge in [0.25, 0.3) is 5.88 Å². The van der Waals surface area contributed by atoms with Gasteiger partial charge in [-0.05, 0) is 36.8 Å². The van der Waals surface area contributed by atoms with Crippen LogP contribution in [0, 0.1) is 5.92 Å². The Morgan fingerprint density at radius 1 is 1.40 bits per heavy atom. The maximum Gasteiger partial charge on any atom is 0.341 e. The highest BCUT2D eigenvalue weighted by Gasteiger charge is 2.25. The third-order valence-corrected chi connectivity index (χ3v) is 4.62. The molecule has 2 aromatic heterocycles. The molecule has 0 saturated heterocycles. The lowest BCUT2D eigenvalue weighted by atomic mass is 10.0. The van der Waals surface area contributed by atoms with E-state index >= 15 is 0 Å². The minimum Gasteiger partial charge on any atom is -0.488 e. The van der Waals surface area contributed by atoms with Crippen molar-refractivity contribution in [1.82, 2.24) is 9.55 Å². The van der Waals surface area contributed by atoms with Crippen molar-refractivity contribution in [1.29, 1.82) is 0 Å². The summed E-state index contributed by atoms with van der Waals surface area (Å²) in [6.45, 7) is 1.24. The zero-order valence-electron chi connectivity index (χ0n) is 13.8. The van der Waals surface area contributed by atoms with E-state index in [4.69, 9.17) is 14.6 Å². The lowest BCUT2D eigenvalue weighted by molar-refractivity contribution is 0.0694. The molecule has 0 amide bonds. The van der Waals surface area contributed by atoms with E-state index in [1.165, 1.54) is 32.2 Å². The van der Waals surface area contributed by atoms with E-state index < -0.39 is 11.4 Å². The monoisotopic (exact) mass is 342 g/mol. The molecule has 1 aliphatic carbocycles. The molecule has 0 atom stereocenters. The Bertz CT molecular complexity index is 914. The molecule has 0 spiro atoms. The number of pyridine rings is 2. The Morgan fingerprint density at radius 3 is 2.88 bits per heavy atom. The third kappa shape index (κ3) is 2.86. The number of aryl methyl sites for hydroxylation is 2. The third-order valence-electron chi connectivity index (χ3n) is 4.62. The standard InChI is InChI=1S/C18H18N2O5/c1-24-17-15(25-9-10-2-3-10)6-11-4-5-20-8-12(18(22)23)14(21)7-13(20)16(11)19-17/h6-8,10H,2-5,9H2,1H3,(H,22,23). The van der Waals surface area contributed by atoms with Gasteiger partial charge < -0.3 is 19.1 Å². The van der Waals surface area contributed by atoms with E-state index in [-0.39, 0.29) is 5.56 Å². The van der Waals surface area contributed by atoms with E-state index in [9.17, 15) is 9.59 Å². The van der Waals surface area contributed by atoms with Crippen molar-refractivity contribution in [2.24, 2.45) is 5.92 Å². The van der Waals surface area contributed by atoms with Gasteiger partial charge in [0.2, 0.25) is 0 Å². The van der Waals surface area contributed by atoms with Crippen LogP contribution in [0.2, 0.25) is 0 Å². The van der Waals surface area contributed by atoms with Crippen LogP contribution in [0.5, 0.6) is 11.6 Å². The second kappa shape index (κ2) is 5.91. The van der Waals surface area contributed by atoms with Crippen molar-refractivity contribution in [3.8, 4) is 23.0 Å². The summed E-state index contributed by atoms with van der Waals surface area (Å²) in [6, 6.07) is 3.25. The van der Waals surface area contributed by atoms with Crippen LogP contribution in [0.4, 0.5) is 0 Å². The van der Waals surface area contributed by atoms with E-state index in [2.05, 4.69) is 4.98 Å². The van der Waals surface area contributed by atoms with Crippen LogP contribution >= 0.6 is 0 Å². The van der Waals surface area contributed by atoms with Gasteiger partial charge in [-0.25, -0.2) is 9.78 Å². The van der Waals surface area contributed by atoms with Gasteiger partial charge in [-0.15, -0.1) is 0 Å². The van der Waals surface area contributed by atoms with Crippen molar-refractivity contribution >= 4 is 5.97 Å². The van der Waals surface area contributed by atoms with Gasteiger partial charge in [0, 0.05) is 18.8 Å². The lowest BCUT2D eigenvalue weighted by Crippen LogP contribution is -2.22. The number of methoxy groups -OCH3 is 1. The second-order valence-electron chi connectivity index (χ2n) is 6.44. The number of nitrogens with zero attached hydrogens (tertiary/aromatic N) is 2. The highest BCUT2D eigenvalue weighted by atomic mass is 16.5.